The van der Waals surface area contributed by atoms with Crippen molar-refractivity contribution in [1.29, 1.82) is 5.41 Å². The number of hydrogen-bond acceptors (Lipinski definition) is 1. The minimum Gasteiger partial charge on any atom is -0.370 e. The van der Waals surface area contributed by atoms with Crippen LogP contribution >= 0.6 is 0 Å². The van der Waals surface area contributed by atoms with Crippen LogP contribution in [0, 0.1) is 5.41 Å². The number of benzene rings is 1. The van der Waals surface area contributed by atoms with Gasteiger partial charge in [-0.1, -0.05) is 31.2 Å². The summed E-state index contributed by atoms with van der Waals surface area (Å²) in [7, 11) is 0. The minimum atomic E-state index is -0.949. The molecule has 0 aliphatic heterocycles. The Hall–Kier alpha value is -1.58. The van der Waals surface area contributed by atoms with Crippen molar-refractivity contribution in [2.24, 2.45) is 5.73 Å². The molecule has 0 bridgehead atoms. The van der Waals surface area contributed by atoms with Crippen LogP contribution in [0.25, 0.3) is 0 Å². The van der Waals surface area contributed by atoms with Gasteiger partial charge in [-0.3, -0.25) is 5.41 Å². The van der Waals surface area contributed by atoms with Gasteiger partial charge in [-0.05, 0) is 17.5 Å². The Labute approximate surface area is 89.0 Å². The average molecular weight is 209 g/mol. The van der Waals surface area contributed by atoms with Gasteiger partial charge in [0.1, 0.15) is 6.17 Å². The van der Waals surface area contributed by atoms with Crippen molar-refractivity contribution in [2.45, 2.75) is 26.1 Å². The van der Waals surface area contributed by atoms with E-state index in [0.29, 0.717) is 18.5 Å². The highest BCUT2D eigenvalue weighted by Gasteiger charge is 2.11. The summed E-state index contributed by atoms with van der Waals surface area (Å²) in [4.78, 5) is 0. The van der Waals surface area contributed by atoms with E-state index < -0.39 is 6.17 Å². The van der Waals surface area contributed by atoms with Gasteiger partial charge < -0.3 is 11.1 Å². The maximum absolute atomic E-state index is 13.5. The number of alkyl halides is 1. The van der Waals surface area contributed by atoms with Crippen LogP contribution in [0.15, 0.2) is 24.3 Å². The zero-order valence-electron chi connectivity index (χ0n) is 8.76. The first-order valence-corrected chi connectivity index (χ1v) is 4.95. The molecule has 0 spiro atoms. The standard InChI is InChI=1S/C11H16FN3/c1-2-10(12)9-6-4-3-5-8(9)7-15-11(13)14/h3-6,10H,2,7H2,1H3,(H4,13,14,15). The lowest BCUT2D eigenvalue weighted by molar-refractivity contribution is 0.332. The first-order chi connectivity index (χ1) is 7.15. The van der Waals surface area contributed by atoms with Crippen LogP contribution in [0.1, 0.15) is 30.6 Å². The van der Waals surface area contributed by atoms with Gasteiger partial charge in [-0.2, -0.15) is 0 Å². The first-order valence-electron chi connectivity index (χ1n) is 4.95. The summed E-state index contributed by atoms with van der Waals surface area (Å²) >= 11 is 0. The van der Waals surface area contributed by atoms with E-state index in [0.717, 1.165) is 5.56 Å². The maximum atomic E-state index is 13.5. The predicted octanol–water partition coefficient (Wildman–Crippen LogP) is 2.09. The van der Waals surface area contributed by atoms with Crippen molar-refractivity contribution >= 4 is 5.96 Å². The summed E-state index contributed by atoms with van der Waals surface area (Å²) in [5.41, 5.74) is 6.70. The lowest BCUT2D eigenvalue weighted by atomic mass is 10.0. The SMILES string of the molecule is CCC(F)c1ccccc1CNC(=N)N. The molecular formula is C11H16FN3. The molecule has 0 saturated heterocycles. The summed E-state index contributed by atoms with van der Waals surface area (Å²) in [5.74, 6) is -0.100. The van der Waals surface area contributed by atoms with Crippen molar-refractivity contribution in [3.8, 4) is 0 Å². The third kappa shape index (κ3) is 3.23. The molecule has 3 nitrogen and oxygen atoms in total. The molecule has 15 heavy (non-hydrogen) atoms. The molecule has 4 N–H and O–H groups in total. The molecule has 0 heterocycles. The third-order valence-corrected chi connectivity index (χ3v) is 2.22. The van der Waals surface area contributed by atoms with E-state index in [-0.39, 0.29) is 5.96 Å². The quantitative estimate of drug-likeness (QED) is 0.525. The molecule has 1 rings (SSSR count). The second kappa shape index (κ2) is 5.34. The molecule has 4 heteroatoms. The molecular weight excluding hydrogens is 193 g/mol. The van der Waals surface area contributed by atoms with E-state index in [1.54, 1.807) is 13.0 Å². The molecule has 82 valence electrons. The van der Waals surface area contributed by atoms with Crippen LogP contribution in [-0.4, -0.2) is 5.96 Å². The van der Waals surface area contributed by atoms with Crippen LogP contribution in [0.2, 0.25) is 0 Å². The van der Waals surface area contributed by atoms with Crippen molar-refractivity contribution in [2.75, 3.05) is 0 Å². The van der Waals surface area contributed by atoms with Crippen molar-refractivity contribution < 1.29 is 4.39 Å². The summed E-state index contributed by atoms with van der Waals surface area (Å²) < 4.78 is 13.5. The molecule has 0 aliphatic rings. The number of halogens is 1. The monoisotopic (exact) mass is 209 g/mol. The fourth-order valence-corrected chi connectivity index (χ4v) is 1.41. The van der Waals surface area contributed by atoms with E-state index in [9.17, 15) is 4.39 Å². The number of hydrogen-bond donors (Lipinski definition) is 3. The zero-order chi connectivity index (χ0) is 11.3. The van der Waals surface area contributed by atoms with E-state index in [4.69, 9.17) is 11.1 Å². The molecule has 1 aromatic carbocycles. The Kier molecular flexibility index (Phi) is 4.09. The van der Waals surface area contributed by atoms with Crippen LogP contribution in [0.3, 0.4) is 0 Å². The molecule has 0 aliphatic carbocycles. The number of nitrogens with one attached hydrogen (secondary N) is 2. The van der Waals surface area contributed by atoms with Gasteiger partial charge in [-0.15, -0.1) is 0 Å². The normalized spacial score (nSPS) is 12.1. The second-order valence-corrected chi connectivity index (χ2v) is 3.34. The van der Waals surface area contributed by atoms with Gasteiger partial charge in [0.15, 0.2) is 5.96 Å². The molecule has 0 amide bonds. The average Bonchev–Trinajstić information content (AvgIpc) is 2.25. The Morgan fingerprint density at radius 3 is 2.80 bits per heavy atom. The van der Waals surface area contributed by atoms with Gasteiger partial charge in [0.25, 0.3) is 0 Å². The van der Waals surface area contributed by atoms with Crippen molar-refractivity contribution in [3.05, 3.63) is 35.4 Å². The molecule has 0 radical (unpaired) electrons. The number of nitrogens with two attached hydrogens (primary N) is 1. The highest BCUT2D eigenvalue weighted by atomic mass is 19.1. The smallest absolute Gasteiger partial charge is 0.185 e. The van der Waals surface area contributed by atoms with E-state index in [2.05, 4.69) is 5.32 Å². The van der Waals surface area contributed by atoms with Crippen LogP contribution in [0.5, 0.6) is 0 Å². The molecule has 0 fully saturated rings. The van der Waals surface area contributed by atoms with E-state index >= 15 is 0 Å². The van der Waals surface area contributed by atoms with Gasteiger partial charge in [0.05, 0.1) is 0 Å². The molecule has 1 atom stereocenters. The van der Waals surface area contributed by atoms with Crippen LogP contribution in [0.4, 0.5) is 4.39 Å². The zero-order valence-corrected chi connectivity index (χ0v) is 8.76. The van der Waals surface area contributed by atoms with Gasteiger partial charge in [-0.25, -0.2) is 4.39 Å². The number of rotatable bonds is 4. The summed E-state index contributed by atoms with van der Waals surface area (Å²) in [6.45, 7) is 2.20. The Morgan fingerprint density at radius 1 is 1.53 bits per heavy atom. The lowest BCUT2D eigenvalue weighted by Gasteiger charge is -2.12. The summed E-state index contributed by atoms with van der Waals surface area (Å²) in [6.07, 6.45) is -0.494. The van der Waals surface area contributed by atoms with E-state index in [1.165, 1.54) is 0 Å². The highest BCUT2D eigenvalue weighted by Crippen LogP contribution is 2.24. The van der Waals surface area contributed by atoms with Crippen LogP contribution in [-0.2, 0) is 6.54 Å². The summed E-state index contributed by atoms with van der Waals surface area (Å²) in [5, 5.41) is 9.71. The summed E-state index contributed by atoms with van der Waals surface area (Å²) in [6, 6.07) is 7.27. The van der Waals surface area contributed by atoms with Gasteiger partial charge >= 0.3 is 0 Å². The Bertz CT molecular complexity index is 338. The second-order valence-electron chi connectivity index (χ2n) is 3.34. The maximum Gasteiger partial charge on any atom is 0.185 e. The third-order valence-electron chi connectivity index (χ3n) is 2.22. The molecule has 1 aromatic rings. The van der Waals surface area contributed by atoms with Crippen molar-refractivity contribution in [1.82, 2.24) is 5.32 Å². The molecule has 0 saturated carbocycles. The largest absolute Gasteiger partial charge is 0.370 e. The van der Waals surface area contributed by atoms with E-state index in [1.807, 2.05) is 18.2 Å². The lowest BCUT2D eigenvalue weighted by Crippen LogP contribution is -2.29. The van der Waals surface area contributed by atoms with Gasteiger partial charge in [0.2, 0.25) is 0 Å². The van der Waals surface area contributed by atoms with Crippen molar-refractivity contribution in [3.63, 3.8) is 0 Å². The fraction of sp³-hybridized carbons (Fsp3) is 0.364. The fourth-order valence-electron chi connectivity index (χ4n) is 1.41. The topological polar surface area (TPSA) is 61.9 Å². The Morgan fingerprint density at radius 2 is 2.20 bits per heavy atom. The Balaban J connectivity index is 2.81. The minimum absolute atomic E-state index is 0.100. The molecule has 0 aromatic heterocycles. The predicted molar refractivity (Wildman–Crippen MR) is 59.3 cm³/mol. The first kappa shape index (κ1) is 11.5. The number of guanidine groups is 1. The van der Waals surface area contributed by atoms with Crippen LogP contribution < -0.4 is 11.1 Å². The highest BCUT2D eigenvalue weighted by molar-refractivity contribution is 5.74. The molecule has 1 unspecified atom stereocenters. The van der Waals surface area contributed by atoms with Gasteiger partial charge in [0, 0.05) is 6.54 Å².